The zero-order valence-corrected chi connectivity index (χ0v) is 36.6. The molecule has 18 heteroatoms. The third-order valence-corrected chi connectivity index (χ3v) is 11.1. The van der Waals surface area contributed by atoms with Crippen molar-refractivity contribution in [2.24, 2.45) is 5.92 Å². The average molecular weight is 879 g/mol. The van der Waals surface area contributed by atoms with Gasteiger partial charge in [0.25, 0.3) is 0 Å². The van der Waals surface area contributed by atoms with Gasteiger partial charge in [-0.1, -0.05) is 26.0 Å². The van der Waals surface area contributed by atoms with Crippen molar-refractivity contribution in [3.05, 3.63) is 64.5 Å². The SMILES string of the molecule is CC(C)C[C@H](Nc1nc(OCCN(C)c2ccc(-c3nc4ccccc4s3)cc2)nc(N2CCCCC2)n1)C(=O)NCCCN1CC[N-]CC[N-]CC[N-]CC1.O.O.[Co]. The first-order valence-corrected chi connectivity index (χ1v) is 21.2. The first-order chi connectivity index (χ1) is 27.4. The van der Waals surface area contributed by atoms with Gasteiger partial charge < -0.3 is 57.0 Å². The number of carbonyl (C=O) groups is 1. The predicted octanol–water partition coefficient (Wildman–Crippen LogP) is 4.77. The molecule has 0 unspecified atom stereocenters. The molecule has 1 radical (unpaired) electrons. The second-order valence-electron chi connectivity index (χ2n) is 14.9. The summed E-state index contributed by atoms with van der Waals surface area (Å²) in [6, 6.07) is 16.5. The minimum Gasteiger partial charge on any atom is -0.665 e. The number of benzene rings is 2. The standard InChI is InChI=1S/C41H59N12O2S.Co.2H2O/c1-31(2)30-35(37(54)45-16-9-23-52-26-21-43-19-17-42-18-20-44-22-27-52)47-39-48-40(53-24-7-4-8-25-53)50-41(49-39)55-29-28-51(3)33-14-12-32(13-15-33)38-46-34-10-5-6-11-36(34)56-38;;;/h5-6,10-15,31,35H,4,7-9,16-30H2,1-3H3,(H,45,54)(H,47,48,49,50);;2*1H2/q-3;;;/t35-;;;/m0.../s1. The summed E-state index contributed by atoms with van der Waals surface area (Å²) in [7, 11) is 2.05. The minimum atomic E-state index is -0.499. The van der Waals surface area contributed by atoms with Crippen molar-refractivity contribution in [1.82, 2.24) is 30.2 Å². The van der Waals surface area contributed by atoms with Gasteiger partial charge in [-0.2, -0.15) is 41.1 Å². The first-order valence-electron chi connectivity index (χ1n) is 20.4. The number of nitrogens with zero attached hydrogens (tertiary/aromatic N) is 10. The van der Waals surface area contributed by atoms with Gasteiger partial charge >= 0.3 is 6.01 Å². The van der Waals surface area contributed by atoms with Gasteiger partial charge in [0.2, 0.25) is 17.8 Å². The van der Waals surface area contributed by atoms with Crippen LogP contribution in [0.4, 0.5) is 17.6 Å². The van der Waals surface area contributed by atoms with E-state index in [4.69, 9.17) is 19.7 Å². The molecular weight excluding hydrogens is 816 g/mol. The molecule has 0 bridgehead atoms. The maximum Gasteiger partial charge on any atom is 0.323 e. The van der Waals surface area contributed by atoms with Crippen LogP contribution in [0.15, 0.2) is 48.5 Å². The molecule has 2 aliphatic heterocycles. The molecule has 2 fully saturated rings. The summed E-state index contributed by atoms with van der Waals surface area (Å²) >= 11 is 1.70. The number of hydrogen-bond acceptors (Lipinski definition) is 11. The number of ether oxygens (including phenoxy) is 1. The number of para-hydroxylation sites is 1. The van der Waals surface area contributed by atoms with Gasteiger partial charge in [0.05, 0.1) is 16.8 Å². The fourth-order valence-corrected chi connectivity index (χ4v) is 7.81. The minimum absolute atomic E-state index is 0. The molecule has 2 aliphatic rings. The fraction of sp³-hybridized carbons (Fsp3) is 0.585. The molecule has 2 saturated heterocycles. The zero-order chi connectivity index (χ0) is 39.0. The summed E-state index contributed by atoms with van der Waals surface area (Å²) in [6.07, 6.45) is 4.85. The van der Waals surface area contributed by atoms with Crippen LogP contribution in [-0.4, -0.2) is 146 Å². The van der Waals surface area contributed by atoms with Gasteiger partial charge in [0, 0.05) is 54.7 Å². The number of likely N-dealkylation sites (N-methyl/N-ethyl adjacent to an activating group) is 1. The molecular formula is C41H63CoN12O4S-3. The Labute approximate surface area is 363 Å². The van der Waals surface area contributed by atoms with Gasteiger partial charge in [0.15, 0.2) is 0 Å². The average Bonchev–Trinajstić information content (AvgIpc) is 3.65. The number of anilines is 3. The van der Waals surface area contributed by atoms with Crippen LogP contribution in [-0.2, 0) is 21.6 Å². The second kappa shape index (κ2) is 26.5. The topological polar surface area (TPSA) is 217 Å². The third-order valence-electron chi connectivity index (χ3n) is 10.0. The van der Waals surface area contributed by atoms with E-state index in [1.807, 2.05) is 19.2 Å². The van der Waals surface area contributed by atoms with Gasteiger partial charge in [-0.15, -0.1) is 24.4 Å². The molecule has 1 atom stereocenters. The molecule has 2 aromatic carbocycles. The summed E-state index contributed by atoms with van der Waals surface area (Å²) in [5.41, 5.74) is 3.20. The molecule has 1 amide bonds. The van der Waals surface area contributed by atoms with E-state index in [0.717, 1.165) is 113 Å². The molecule has 2 aromatic heterocycles. The Hall–Kier alpha value is -3.72. The van der Waals surface area contributed by atoms with E-state index in [1.54, 1.807) is 11.3 Å². The first kappa shape index (κ1) is 49.6. The number of thiazole rings is 1. The maximum absolute atomic E-state index is 13.6. The second-order valence-corrected chi connectivity index (χ2v) is 15.9. The fourth-order valence-electron chi connectivity index (χ4n) is 6.84. The number of carbonyl (C=O) groups excluding carboxylic acids is 1. The molecule has 16 nitrogen and oxygen atoms in total. The molecule has 329 valence electrons. The summed E-state index contributed by atoms with van der Waals surface area (Å²) in [4.78, 5) is 39.4. The molecule has 59 heavy (non-hydrogen) atoms. The van der Waals surface area contributed by atoms with Crippen molar-refractivity contribution < 1.29 is 37.3 Å². The Bertz CT molecular complexity index is 1740. The Morgan fingerprint density at radius 2 is 1.54 bits per heavy atom. The smallest absolute Gasteiger partial charge is 0.323 e. The van der Waals surface area contributed by atoms with Crippen LogP contribution in [0.3, 0.4) is 0 Å². The maximum atomic E-state index is 13.6. The third kappa shape index (κ3) is 16.0. The normalized spacial score (nSPS) is 16.0. The van der Waals surface area contributed by atoms with E-state index in [2.05, 4.69) is 96.5 Å². The largest absolute Gasteiger partial charge is 0.665 e. The van der Waals surface area contributed by atoms with Crippen molar-refractivity contribution in [3.63, 3.8) is 0 Å². The van der Waals surface area contributed by atoms with E-state index in [-0.39, 0.29) is 45.6 Å². The molecule has 0 aliphatic carbocycles. The zero-order valence-electron chi connectivity index (χ0n) is 34.7. The quantitative estimate of drug-likeness (QED) is 0.147. The predicted molar refractivity (Wildman–Crippen MR) is 237 cm³/mol. The molecule has 0 spiro atoms. The number of nitrogens with one attached hydrogen (secondary N) is 2. The monoisotopic (exact) mass is 878 g/mol. The van der Waals surface area contributed by atoms with Crippen LogP contribution >= 0.6 is 11.3 Å². The number of rotatable bonds is 16. The Morgan fingerprint density at radius 3 is 2.22 bits per heavy atom. The van der Waals surface area contributed by atoms with Crippen molar-refractivity contribution in [1.29, 1.82) is 0 Å². The van der Waals surface area contributed by atoms with Crippen molar-refractivity contribution in [2.75, 3.05) is 114 Å². The van der Waals surface area contributed by atoms with Crippen molar-refractivity contribution >= 4 is 45.0 Å². The van der Waals surface area contributed by atoms with Gasteiger partial charge in [-0.25, -0.2) is 4.98 Å². The molecule has 4 heterocycles. The van der Waals surface area contributed by atoms with Crippen LogP contribution < -0.4 is 25.2 Å². The number of fused-ring (bicyclic) bond motifs is 1. The molecule has 0 saturated carbocycles. The number of amides is 1. The Morgan fingerprint density at radius 1 is 0.864 bits per heavy atom. The van der Waals surface area contributed by atoms with E-state index >= 15 is 0 Å². The van der Waals surface area contributed by atoms with Crippen molar-refractivity contribution in [3.8, 4) is 16.6 Å². The van der Waals surface area contributed by atoms with Crippen LogP contribution in [0, 0.1) is 5.92 Å². The van der Waals surface area contributed by atoms with E-state index < -0.39 is 6.04 Å². The van der Waals surface area contributed by atoms with E-state index in [0.29, 0.717) is 38.0 Å². The van der Waals surface area contributed by atoms with Crippen LogP contribution in [0.1, 0.15) is 46.0 Å². The Balaban J connectivity index is 0.00000310. The van der Waals surface area contributed by atoms with Gasteiger partial charge in [-0.3, -0.25) is 4.79 Å². The van der Waals surface area contributed by atoms with E-state index in [1.165, 1.54) is 11.1 Å². The van der Waals surface area contributed by atoms with Crippen LogP contribution in [0.5, 0.6) is 6.01 Å². The number of aromatic nitrogens is 4. The summed E-state index contributed by atoms with van der Waals surface area (Å²) in [5, 5.41) is 21.3. The molecule has 6 rings (SSSR count). The number of hydrogen-bond donors (Lipinski definition) is 2. The summed E-state index contributed by atoms with van der Waals surface area (Å²) in [5.74, 6) is 1.17. The van der Waals surface area contributed by atoms with Crippen LogP contribution in [0.2, 0.25) is 0 Å². The summed E-state index contributed by atoms with van der Waals surface area (Å²) in [6.45, 7) is 15.0. The van der Waals surface area contributed by atoms with E-state index in [9.17, 15) is 4.79 Å². The summed E-state index contributed by atoms with van der Waals surface area (Å²) < 4.78 is 7.39. The Kier molecular flexibility index (Phi) is 22.3. The van der Waals surface area contributed by atoms with Crippen molar-refractivity contribution in [2.45, 2.75) is 52.0 Å². The van der Waals surface area contributed by atoms with Crippen LogP contribution in [0.25, 0.3) is 36.7 Å². The van der Waals surface area contributed by atoms with Gasteiger partial charge in [-0.05, 0) is 94.1 Å². The number of piperidine rings is 1. The molecule has 4 aromatic rings. The van der Waals surface area contributed by atoms with Gasteiger partial charge in [0.1, 0.15) is 17.7 Å². The molecule has 6 N–H and O–H groups in total.